The Kier molecular flexibility index (Phi) is 6.51. The number of guanidine groups is 1. The monoisotopic (exact) mass is 547 g/mol. The predicted molar refractivity (Wildman–Crippen MR) is 118 cm³/mol. The summed E-state index contributed by atoms with van der Waals surface area (Å²) in [6.45, 7) is 2.90. The lowest BCUT2D eigenvalue weighted by molar-refractivity contribution is 0.173. The first-order chi connectivity index (χ1) is 12.6. The van der Waals surface area contributed by atoms with Crippen molar-refractivity contribution in [1.29, 1.82) is 0 Å². The van der Waals surface area contributed by atoms with Crippen molar-refractivity contribution < 1.29 is 9.47 Å². The van der Waals surface area contributed by atoms with Crippen molar-refractivity contribution >= 4 is 45.9 Å². The number of hydrogen-bond acceptors (Lipinski definition) is 4. The van der Waals surface area contributed by atoms with Gasteiger partial charge in [-0.25, -0.2) is 0 Å². The summed E-state index contributed by atoms with van der Waals surface area (Å²) in [5.41, 5.74) is 2.41. The second-order valence-electron chi connectivity index (χ2n) is 6.59. The van der Waals surface area contributed by atoms with Gasteiger partial charge in [-0.2, -0.15) is 5.10 Å². The van der Waals surface area contributed by atoms with Crippen LogP contribution < -0.4 is 14.8 Å². The smallest absolute Gasteiger partial charge is 0.231 e. The van der Waals surface area contributed by atoms with Crippen LogP contribution in [0, 0.1) is 0 Å². The van der Waals surface area contributed by atoms with E-state index >= 15 is 0 Å². The zero-order chi connectivity index (χ0) is 18.1. The predicted octanol–water partition coefficient (Wildman–Crippen LogP) is 3.09. The Labute approximate surface area is 184 Å². The molecule has 2 aromatic rings. The molecule has 27 heavy (non-hydrogen) atoms. The first kappa shape index (κ1) is 20.2. The second kappa shape index (κ2) is 8.68. The van der Waals surface area contributed by atoms with Gasteiger partial charge < -0.3 is 19.7 Å². The van der Waals surface area contributed by atoms with Gasteiger partial charge in [-0.15, -0.1) is 24.0 Å². The van der Waals surface area contributed by atoms with E-state index in [1.165, 1.54) is 5.56 Å². The fourth-order valence-corrected chi connectivity index (χ4v) is 4.12. The lowest BCUT2D eigenvalue weighted by Crippen LogP contribution is -2.39. The number of ether oxygens (including phenoxy) is 2. The summed E-state index contributed by atoms with van der Waals surface area (Å²) in [5, 5.41) is 7.75. The van der Waals surface area contributed by atoms with E-state index in [1.54, 1.807) is 0 Å². The van der Waals surface area contributed by atoms with Gasteiger partial charge in [-0.05, 0) is 45.6 Å². The standard InChI is InChI=1S/C18H22BrN5O2.HI/c1-20-18(24-4-3-13(10-24)14-8-22-23(2)9-14)21-7-12-5-15(19)17-16(6-12)25-11-26-17;/h5-6,8-9,13H,3-4,7,10-11H2,1-2H3,(H,20,21);1H. The highest BCUT2D eigenvalue weighted by Crippen LogP contribution is 2.40. The first-order valence-electron chi connectivity index (χ1n) is 8.66. The quantitative estimate of drug-likeness (QED) is 0.363. The van der Waals surface area contributed by atoms with Crippen LogP contribution in [0.25, 0.3) is 0 Å². The van der Waals surface area contributed by atoms with Crippen LogP contribution in [0.4, 0.5) is 0 Å². The van der Waals surface area contributed by atoms with E-state index in [1.807, 2.05) is 31.0 Å². The minimum absolute atomic E-state index is 0. The largest absolute Gasteiger partial charge is 0.454 e. The third kappa shape index (κ3) is 4.34. The highest BCUT2D eigenvalue weighted by Gasteiger charge is 2.27. The minimum atomic E-state index is 0. The van der Waals surface area contributed by atoms with Gasteiger partial charge in [-0.1, -0.05) is 0 Å². The summed E-state index contributed by atoms with van der Waals surface area (Å²) in [6, 6.07) is 4.06. The fraction of sp³-hybridized carbons (Fsp3) is 0.444. The molecule has 0 spiro atoms. The van der Waals surface area contributed by atoms with E-state index in [4.69, 9.17) is 9.47 Å². The summed E-state index contributed by atoms with van der Waals surface area (Å²) >= 11 is 3.54. The van der Waals surface area contributed by atoms with Crippen molar-refractivity contribution in [2.75, 3.05) is 26.9 Å². The number of nitrogens with one attached hydrogen (secondary N) is 1. The summed E-state index contributed by atoms with van der Waals surface area (Å²) in [6.07, 6.45) is 5.19. The normalized spacial score (nSPS) is 18.6. The molecule has 2 aliphatic heterocycles. The Morgan fingerprint density at radius 3 is 3.00 bits per heavy atom. The number of nitrogens with zero attached hydrogens (tertiary/aromatic N) is 4. The molecule has 2 aliphatic rings. The number of hydrogen-bond donors (Lipinski definition) is 1. The third-order valence-corrected chi connectivity index (χ3v) is 5.42. The number of benzene rings is 1. The van der Waals surface area contributed by atoms with Crippen molar-refractivity contribution in [2.24, 2.45) is 12.0 Å². The lowest BCUT2D eigenvalue weighted by atomic mass is 10.0. The Bertz CT molecular complexity index is 841. The van der Waals surface area contributed by atoms with Gasteiger partial charge in [0.25, 0.3) is 0 Å². The van der Waals surface area contributed by atoms with Gasteiger partial charge in [0.2, 0.25) is 6.79 Å². The van der Waals surface area contributed by atoms with Crippen molar-refractivity contribution in [1.82, 2.24) is 20.0 Å². The van der Waals surface area contributed by atoms with Crippen LogP contribution in [0.1, 0.15) is 23.5 Å². The van der Waals surface area contributed by atoms with E-state index in [0.29, 0.717) is 12.5 Å². The van der Waals surface area contributed by atoms with Crippen molar-refractivity contribution in [3.63, 3.8) is 0 Å². The summed E-state index contributed by atoms with van der Waals surface area (Å²) in [7, 11) is 3.79. The SMILES string of the molecule is CN=C(NCc1cc(Br)c2c(c1)OCO2)N1CCC(c2cnn(C)c2)C1.I. The minimum Gasteiger partial charge on any atom is -0.454 e. The van der Waals surface area contributed by atoms with Gasteiger partial charge in [0.05, 0.1) is 10.7 Å². The van der Waals surface area contributed by atoms with Crippen LogP contribution in [0.3, 0.4) is 0 Å². The maximum atomic E-state index is 5.49. The molecule has 1 aromatic heterocycles. The highest BCUT2D eigenvalue weighted by molar-refractivity contribution is 14.0. The Morgan fingerprint density at radius 1 is 1.41 bits per heavy atom. The molecule has 3 heterocycles. The molecule has 0 amide bonds. The second-order valence-corrected chi connectivity index (χ2v) is 7.45. The Balaban J connectivity index is 0.00000210. The molecule has 4 rings (SSSR count). The fourth-order valence-electron chi connectivity index (χ4n) is 3.51. The number of halogens is 2. The number of aliphatic imine (C=N–C) groups is 1. The molecule has 1 saturated heterocycles. The number of aromatic nitrogens is 2. The van der Waals surface area contributed by atoms with E-state index in [-0.39, 0.29) is 30.8 Å². The maximum absolute atomic E-state index is 5.49. The van der Waals surface area contributed by atoms with Crippen molar-refractivity contribution in [2.45, 2.75) is 18.9 Å². The maximum Gasteiger partial charge on any atom is 0.231 e. The molecule has 1 fully saturated rings. The van der Waals surface area contributed by atoms with Crippen LogP contribution >= 0.6 is 39.9 Å². The molecule has 7 nitrogen and oxygen atoms in total. The zero-order valence-corrected chi connectivity index (χ0v) is 19.2. The number of rotatable bonds is 3. The van der Waals surface area contributed by atoms with E-state index < -0.39 is 0 Å². The molecule has 9 heteroatoms. The van der Waals surface area contributed by atoms with Crippen molar-refractivity contribution in [3.8, 4) is 11.5 Å². The van der Waals surface area contributed by atoms with E-state index in [9.17, 15) is 0 Å². The summed E-state index contributed by atoms with van der Waals surface area (Å²) < 4.78 is 13.7. The summed E-state index contributed by atoms with van der Waals surface area (Å²) in [5.74, 6) is 2.98. The molecule has 1 N–H and O–H groups in total. The third-order valence-electron chi connectivity index (χ3n) is 4.83. The molecule has 1 aromatic carbocycles. The average molecular weight is 548 g/mol. The Hall–Kier alpha value is -1.49. The van der Waals surface area contributed by atoms with Crippen LogP contribution in [0.15, 0.2) is 34.0 Å². The molecule has 146 valence electrons. The number of aryl methyl sites for hydroxylation is 1. The molecule has 0 bridgehead atoms. The van der Waals surface area contributed by atoms with Crippen LogP contribution in [-0.2, 0) is 13.6 Å². The molecular weight excluding hydrogens is 525 g/mol. The lowest BCUT2D eigenvalue weighted by Gasteiger charge is -2.21. The van der Waals surface area contributed by atoms with Crippen LogP contribution in [0.2, 0.25) is 0 Å². The molecule has 0 aliphatic carbocycles. The molecular formula is C18H23BrIN5O2. The zero-order valence-electron chi connectivity index (χ0n) is 15.3. The Morgan fingerprint density at radius 2 is 2.26 bits per heavy atom. The first-order valence-corrected chi connectivity index (χ1v) is 9.45. The van der Waals surface area contributed by atoms with Crippen LogP contribution in [0.5, 0.6) is 11.5 Å². The van der Waals surface area contributed by atoms with Gasteiger partial charge in [0.1, 0.15) is 0 Å². The van der Waals surface area contributed by atoms with Gasteiger partial charge in [0, 0.05) is 45.8 Å². The molecule has 0 radical (unpaired) electrons. The summed E-state index contributed by atoms with van der Waals surface area (Å²) in [4.78, 5) is 6.76. The van der Waals surface area contributed by atoms with Gasteiger partial charge >= 0.3 is 0 Å². The highest BCUT2D eigenvalue weighted by atomic mass is 127. The van der Waals surface area contributed by atoms with Crippen molar-refractivity contribution in [3.05, 3.63) is 40.1 Å². The van der Waals surface area contributed by atoms with Gasteiger partial charge in [-0.3, -0.25) is 9.67 Å². The number of likely N-dealkylation sites (tertiary alicyclic amines) is 1. The number of fused-ring (bicyclic) bond motifs is 1. The topological polar surface area (TPSA) is 63.9 Å². The van der Waals surface area contributed by atoms with Crippen LogP contribution in [-0.4, -0.2) is 47.6 Å². The van der Waals surface area contributed by atoms with E-state index in [0.717, 1.165) is 47.0 Å². The van der Waals surface area contributed by atoms with Gasteiger partial charge in [0.15, 0.2) is 17.5 Å². The molecule has 0 saturated carbocycles. The van der Waals surface area contributed by atoms with E-state index in [2.05, 4.69) is 48.5 Å². The average Bonchev–Trinajstić information content (AvgIpc) is 3.35. The molecule has 1 atom stereocenters. The molecule has 1 unspecified atom stereocenters.